The summed E-state index contributed by atoms with van der Waals surface area (Å²) < 4.78 is 0. The van der Waals surface area contributed by atoms with Crippen LogP contribution in [0.2, 0.25) is 0 Å². The summed E-state index contributed by atoms with van der Waals surface area (Å²) in [5.41, 5.74) is 0. The molecule has 0 aromatic rings. The summed E-state index contributed by atoms with van der Waals surface area (Å²) in [5.74, 6) is 0. The second-order valence-electron chi connectivity index (χ2n) is 2.50. The van der Waals surface area contributed by atoms with E-state index in [0.717, 1.165) is 25.7 Å². The second-order valence-corrected chi connectivity index (χ2v) is 2.50. The fourth-order valence-corrected chi connectivity index (χ4v) is 0.340. The van der Waals surface area contributed by atoms with Crippen molar-refractivity contribution in [3.05, 3.63) is 82.2 Å². The van der Waals surface area contributed by atoms with E-state index in [1.807, 2.05) is 32.9 Å². The normalized spacial score (nSPS) is 7.10. The number of rotatable bonds is 0. The molecule has 20 heavy (non-hydrogen) atoms. The maximum atomic E-state index is 3.49. The quantitative estimate of drug-likeness (QED) is 0.399. The maximum absolute atomic E-state index is 3.49. The first-order valence-electron chi connectivity index (χ1n) is 5.34. The van der Waals surface area contributed by atoms with Gasteiger partial charge in [-0.15, -0.1) is 6.42 Å². The maximum Gasteiger partial charge on any atom is 0 e. The fraction of sp³-hybridized carbons (Fsp3) is 0.368. The van der Waals surface area contributed by atoms with E-state index in [0.29, 0.717) is 0 Å². The number of allylic oxidation sites excluding steroid dienone is 4. The Balaban J connectivity index is -0.0000000108. The molecule has 0 bridgehead atoms. The zero-order valence-electron chi connectivity index (χ0n) is 15.7. The summed E-state index contributed by atoms with van der Waals surface area (Å²) in [6, 6.07) is 0. The van der Waals surface area contributed by atoms with Gasteiger partial charge in [0.2, 0.25) is 0 Å². The van der Waals surface area contributed by atoms with Gasteiger partial charge in [0, 0.05) is 26.2 Å². The van der Waals surface area contributed by atoms with Gasteiger partial charge in [-0.1, -0.05) is 20.8 Å². The van der Waals surface area contributed by atoms with Crippen molar-refractivity contribution in [2.75, 3.05) is 0 Å². The summed E-state index contributed by atoms with van der Waals surface area (Å²) in [4.78, 5) is 0. The predicted molar refractivity (Wildman–Crippen MR) is 101 cm³/mol. The van der Waals surface area contributed by atoms with Crippen molar-refractivity contribution >= 4 is 0 Å². The van der Waals surface area contributed by atoms with Gasteiger partial charge in [-0.2, -0.15) is 25.3 Å². The molecule has 0 saturated carbocycles. The van der Waals surface area contributed by atoms with Gasteiger partial charge in [-0.3, -0.25) is 6.08 Å². The Bertz CT molecular complexity index is 89.6. The van der Waals surface area contributed by atoms with Crippen LogP contribution in [0.3, 0.4) is 0 Å². The molecule has 0 N–H and O–H groups in total. The molecule has 130 valence electrons. The molecule has 1 aliphatic rings. The van der Waals surface area contributed by atoms with Crippen molar-refractivity contribution in [2.24, 2.45) is 0 Å². The van der Waals surface area contributed by atoms with Gasteiger partial charge in [-0.25, -0.2) is 12.2 Å². The molecule has 1 heteroatoms. The average molecular weight is 361 g/mol. The Kier molecular flexibility index (Phi) is 276. The molecule has 0 amide bonds. The number of hydrogen-bond donors (Lipinski definition) is 0. The Morgan fingerprint density at radius 1 is 0.800 bits per heavy atom. The van der Waals surface area contributed by atoms with Crippen LogP contribution in [0, 0.1) is 64.0 Å². The molecular formula is C19H41Zr-9. The molecular weight excluding hydrogens is 319 g/mol. The van der Waals surface area contributed by atoms with Crippen LogP contribution in [0.1, 0.15) is 46.5 Å². The minimum absolute atomic E-state index is 0. The molecule has 1 aliphatic carbocycles. The third kappa shape index (κ3) is 192. The predicted octanol–water partition coefficient (Wildman–Crippen LogP) is 7.25. The van der Waals surface area contributed by atoms with Crippen LogP contribution in [0.5, 0.6) is 0 Å². The van der Waals surface area contributed by atoms with Gasteiger partial charge >= 0.3 is 0 Å². The largest absolute Gasteiger partial charge is 0.358 e. The first-order valence-corrected chi connectivity index (χ1v) is 5.34. The first kappa shape index (κ1) is 59.1. The molecule has 0 heterocycles. The van der Waals surface area contributed by atoms with Gasteiger partial charge in [0.25, 0.3) is 0 Å². The van der Waals surface area contributed by atoms with Crippen LogP contribution in [-0.2, 0) is 26.2 Å². The SMILES string of the molecule is [C-]1=CC=CC1.[CH2-]CC.[CH2-]CC.[CH2-]CC.[CH3-].[CH3-].[CH3-].[CH3-].[CH3-].[Zr]. The Labute approximate surface area is 154 Å². The molecule has 1 rings (SSSR count). The van der Waals surface area contributed by atoms with E-state index in [1.165, 1.54) is 0 Å². The Morgan fingerprint density at radius 2 is 1.05 bits per heavy atom. The van der Waals surface area contributed by atoms with Crippen molar-refractivity contribution in [1.29, 1.82) is 0 Å². The van der Waals surface area contributed by atoms with Crippen molar-refractivity contribution in [3.8, 4) is 0 Å². The van der Waals surface area contributed by atoms with E-state index in [-0.39, 0.29) is 63.3 Å². The third-order valence-electron chi connectivity index (χ3n) is 0.586. The summed E-state index contributed by atoms with van der Waals surface area (Å²) in [6.07, 6.45) is 13.0. The van der Waals surface area contributed by atoms with Crippen LogP contribution in [0.4, 0.5) is 0 Å². The molecule has 0 unspecified atom stereocenters. The van der Waals surface area contributed by atoms with Crippen molar-refractivity contribution in [2.45, 2.75) is 46.5 Å². The summed E-state index contributed by atoms with van der Waals surface area (Å²) in [7, 11) is 0. The second kappa shape index (κ2) is 93.4. The smallest absolute Gasteiger partial charge is 0 e. The fourth-order valence-electron chi connectivity index (χ4n) is 0.340. The van der Waals surface area contributed by atoms with E-state index >= 15 is 0 Å². The zero-order chi connectivity index (χ0) is 11.7. The summed E-state index contributed by atoms with van der Waals surface area (Å²) >= 11 is 0. The molecule has 0 aromatic carbocycles. The minimum Gasteiger partial charge on any atom is -0.358 e. The van der Waals surface area contributed by atoms with E-state index in [9.17, 15) is 0 Å². The molecule has 0 aliphatic heterocycles. The molecule has 0 nitrogen and oxygen atoms in total. The van der Waals surface area contributed by atoms with Gasteiger partial charge in [0.1, 0.15) is 0 Å². The first-order chi connectivity index (χ1) is 6.74. The van der Waals surface area contributed by atoms with E-state index in [4.69, 9.17) is 0 Å². The molecule has 0 fully saturated rings. The van der Waals surface area contributed by atoms with Crippen LogP contribution >= 0.6 is 0 Å². The molecule has 0 radical (unpaired) electrons. The van der Waals surface area contributed by atoms with E-state index < -0.39 is 0 Å². The third-order valence-corrected chi connectivity index (χ3v) is 0.586. The van der Waals surface area contributed by atoms with Crippen LogP contribution in [0.25, 0.3) is 0 Å². The van der Waals surface area contributed by atoms with Gasteiger partial charge in [0.05, 0.1) is 0 Å². The van der Waals surface area contributed by atoms with Crippen LogP contribution in [-0.4, -0.2) is 0 Å². The zero-order valence-corrected chi connectivity index (χ0v) is 18.1. The Morgan fingerprint density at radius 3 is 1.10 bits per heavy atom. The Hall–Kier alpha value is 0.363. The van der Waals surface area contributed by atoms with Crippen molar-refractivity contribution in [3.63, 3.8) is 0 Å². The minimum atomic E-state index is 0. The van der Waals surface area contributed by atoms with Gasteiger partial charge < -0.3 is 57.9 Å². The van der Waals surface area contributed by atoms with E-state index in [1.54, 1.807) is 0 Å². The number of hydrogen-bond acceptors (Lipinski definition) is 0. The van der Waals surface area contributed by atoms with Crippen LogP contribution < -0.4 is 0 Å². The molecule has 0 saturated heterocycles. The topological polar surface area (TPSA) is 0 Å². The molecule has 0 spiro atoms. The van der Waals surface area contributed by atoms with Gasteiger partial charge in [0.15, 0.2) is 0 Å². The monoisotopic (exact) mass is 359 g/mol. The van der Waals surface area contributed by atoms with Crippen molar-refractivity contribution < 1.29 is 26.2 Å². The van der Waals surface area contributed by atoms with Gasteiger partial charge in [-0.05, 0) is 0 Å². The average Bonchev–Trinajstić information content (AvgIpc) is 2.63. The molecule has 0 aromatic heterocycles. The molecule has 0 atom stereocenters. The summed E-state index contributed by atoms with van der Waals surface area (Å²) in [5, 5.41) is 0. The van der Waals surface area contributed by atoms with Crippen molar-refractivity contribution in [1.82, 2.24) is 0 Å². The summed E-state index contributed by atoms with van der Waals surface area (Å²) in [6.45, 7) is 16.5. The van der Waals surface area contributed by atoms with E-state index in [2.05, 4.69) is 32.9 Å². The standard InChI is InChI=1S/C5H5.3C3H7.5CH3.Zr/c1-2-4-5-3-1;3*1-3-2;;;;;;/h1-3H,4H2;3*1,3H2,2H3;5*1H3;/q9*-1;. The van der Waals surface area contributed by atoms with Crippen LogP contribution in [0.15, 0.2) is 18.2 Å².